The van der Waals surface area contributed by atoms with E-state index in [0.29, 0.717) is 16.3 Å². The average molecular weight is 323 g/mol. The molecule has 0 spiro atoms. The molecule has 0 amide bonds. The third-order valence-electron chi connectivity index (χ3n) is 3.58. The average Bonchev–Trinajstić information content (AvgIpc) is 2.88. The van der Waals surface area contributed by atoms with Gasteiger partial charge in [0.25, 0.3) is 10.0 Å². The van der Waals surface area contributed by atoms with Crippen LogP contribution in [0.4, 0.5) is 11.4 Å². The van der Waals surface area contributed by atoms with Crippen LogP contribution >= 0.6 is 11.6 Å². The minimum absolute atomic E-state index is 0.198. The van der Waals surface area contributed by atoms with Gasteiger partial charge in [0.1, 0.15) is 0 Å². The molecule has 0 aromatic heterocycles. The zero-order valence-corrected chi connectivity index (χ0v) is 13.1. The van der Waals surface area contributed by atoms with Crippen molar-refractivity contribution in [1.29, 1.82) is 0 Å². The van der Waals surface area contributed by atoms with Gasteiger partial charge in [0.15, 0.2) is 0 Å². The molecule has 3 rings (SSSR count). The van der Waals surface area contributed by atoms with E-state index in [-0.39, 0.29) is 4.90 Å². The lowest BCUT2D eigenvalue weighted by Gasteiger charge is -2.12. The Morgan fingerprint density at radius 3 is 2.86 bits per heavy atom. The Bertz CT molecular complexity index is 803. The van der Waals surface area contributed by atoms with Gasteiger partial charge in [0, 0.05) is 17.3 Å². The topological polar surface area (TPSA) is 58.2 Å². The van der Waals surface area contributed by atoms with Gasteiger partial charge in [0.2, 0.25) is 0 Å². The summed E-state index contributed by atoms with van der Waals surface area (Å²) in [6.45, 7) is 2.58. The standard InChI is InChI=1S/C15H15ClN2O2S/c1-10-13(16)3-2-4-15(10)21(19,20)18-12-6-5-11-7-8-17-14(11)9-12/h2-6,9,17-18H,7-8H2,1H3. The Morgan fingerprint density at radius 2 is 2.05 bits per heavy atom. The largest absolute Gasteiger partial charge is 0.384 e. The molecule has 0 atom stereocenters. The van der Waals surface area contributed by atoms with E-state index >= 15 is 0 Å². The molecule has 0 radical (unpaired) electrons. The highest BCUT2D eigenvalue weighted by molar-refractivity contribution is 7.92. The maximum Gasteiger partial charge on any atom is 0.262 e. The van der Waals surface area contributed by atoms with Crippen LogP contribution in [0.3, 0.4) is 0 Å². The van der Waals surface area contributed by atoms with Crippen molar-refractivity contribution in [3.63, 3.8) is 0 Å². The van der Waals surface area contributed by atoms with Crippen molar-refractivity contribution in [3.8, 4) is 0 Å². The number of anilines is 2. The molecule has 4 nitrogen and oxygen atoms in total. The third-order valence-corrected chi connectivity index (χ3v) is 5.51. The second kappa shape index (κ2) is 5.24. The first-order valence-electron chi connectivity index (χ1n) is 6.62. The Balaban J connectivity index is 1.95. The minimum Gasteiger partial charge on any atom is -0.384 e. The molecule has 2 N–H and O–H groups in total. The molecule has 21 heavy (non-hydrogen) atoms. The summed E-state index contributed by atoms with van der Waals surface area (Å²) in [7, 11) is -3.65. The van der Waals surface area contributed by atoms with E-state index in [1.165, 1.54) is 5.56 Å². The minimum atomic E-state index is -3.65. The van der Waals surface area contributed by atoms with Gasteiger partial charge in [-0.2, -0.15) is 0 Å². The predicted octanol–water partition coefficient (Wildman–Crippen LogP) is 3.42. The first kappa shape index (κ1) is 14.2. The number of halogens is 1. The summed E-state index contributed by atoms with van der Waals surface area (Å²) < 4.78 is 27.6. The van der Waals surface area contributed by atoms with E-state index in [1.54, 1.807) is 31.2 Å². The summed E-state index contributed by atoms with van der Waals surface area (Å²) >= 11 is 6.00. The van der Waals surface area contributed by atoms with E-state index in [0.717, 1.165) is 18.7 Å². The molecule has 1 aliphatic rings. The number of hydrogen-bond donors (Lipinski definition) is 2. The molecular formula is C15H15ClN2O2S. The molecule has 2 aromatic rings. The number of rotatable bonds is 3. The Hall–Kier alpha value is -1.72. The maximum absolute atomic E-state index is 12.5. The van der Waals surface area contributed by atoms with Crippen molar-refractivity contribution < 1.29 is 8.42 Å². The van der Waals surface area contributed by atoms with E-state index in [4.69, 9.17) is 11.6 Å². The first-order chi connectivity index (χ1) is 9.97. The number of fused-ring (bicyclic) bond motifs is 1. The Labute approximate surface area is 129 Å². The van der Waals surface area contributed by atoms with Crippen molar-refractivity contribution in [2.24, 2.45) is 0 Å². The smallest absolute Gasteiger partial charge is 0.262 e. The van der Waals surface area contributed by atoms with Crippen molar-refractivity contribution in [2.75, 3.05) is 16.6 Å². The van der Waals surface area contributed by atoms with Crippen molar-refractivity contribution in [3.05, 3.63) is 52.5 Å². The molecule has 6 heteroatoms. The van der Waals surface area contributed by atoms with E-state index < -0.39 is 10.0 Å². The number of sulfonamides is 1. The molecule has 1 aliphatic heterocycles. The molecule has 0 unspecified atom stereocenters. The van der Waals surface area contributed by atoms with Crippen molar-refractivity contribution in [2.45, 2.75) is 18.2 Å². The van der Waals surface area contributed by atoms with Crippen LogP contribution < -0.4 is 10.0 Å². The lowest BCUT2D eigenvalue weighted by atomic mass is 10.1. The summed E-state index contributed by atoms with van der Waals surface area (Å²) in [5.41, 5.74) is 3.28. The molecule has 0 aliphatic carbocycles. The van der Waals surface area contributed by atoms with Crippen LogP contribution in [0.1, 0.15) is 11.1 Å². The van der Waals surface area contributed by atoms with Crippen LogP contribution in [0, 0.1) is 6.92 Å². The lowest BCUT2D eigenvalue weighted by Crippen LogP contribution is -2.14. The van der Waals surface area contributed by atoms with Crippen LogP contribution in [0.2, 0.25) is 5.02 Å². The fourth-order valence-corrected chi connectivity index (χ4v) is 3.99. The van der Waals surface area contributed by atoms with Gasteiger partial charge in [-0.1, -0.05) is 23.7 Å². The molecule has 0 bridgehead atoms. The second-order valence-corrected chi connectivity index (χ2v) is 7.08. The fraction of sp³-hybridized carbons (Fsp3) is 0.200. The van der Waals surface area contributed by atoms with Crippen LogP contribution in [-0.4, -0.2) is 15.0 Å². The second-order valence-electron chi connectivity index (χ2n) is 5.02. The fourth-order valence-electron chi connectivity index (χ4n) is 2.44. The molecule has 0 saturated heterocycles. The summed E-state index contributed by atoms with van der Waals surface area (Å²) in [4.78, 5) is 0.198. The summed E-state index contributed by atoms with van der Waals surface area (Å²) in [5, 5.41) is 3.67. The molecular weight excluding hydrogens is 308 g/mol. The highest BCUT2D eigenvalue weighted by atomic mass is 35.5. The Morgan fingerprint density at radius 1 is 1.24 bits per heavy atom. The highest BCUT2D eigenvalue weighted by Gasteiger charge is 2.19. The first-order valence-corrected chi connectivity index (χ1v) is 8.48. The maximum atomic E-state index is 12.5. The molecule has 2 aromatic carbocycles. The Kier molecular flexibility index (Phi) is 3.55. The molecule has 110 valence electrons. The van der Waals surface area contributed by atoms with Crippen LogP contribution in [0.5, 0.6) is 0 Å². The van der Waals surface area contributed by atoms with Gasteiger partial charge in [-0.25, -0.2) is 8.42 Å². The van der Waals surface area contributed by atoms with Gasteiger partial charge < -0.3 is 5.32 Å². The number of hydrogen-bond acceptors (Lipinski definition) is 3. The highest BCUT2D eigenvalue weighted by Crippen LogP contribution is 2.28. The molecule has 1 heterocycles. The normalized spacial score (nSPS) is 13.6. The van der Waals surface area contributed by atoms with Crippen LogP contribution in [0.25, 0.3) is 0 Å². The van der Waals surface area contributed by atoms with Gasteiger partial charge in [-0.05, 0) is 48.7 Å². The van der Waals surface area contributed by atoms with Crippen LogP contribution in [0.15, 0.2) is 41.3 Å². The summed E-state index contributed by atoms with van der Waals surface area (Å²) in [5.74, 6) is 0. The predicted molar refractivity (Wildman–Crippen MR) is 85.6 cm³/mol. The van der Waals surface area contributed by atoms with E-state index in [1.807, 2.05) is 12.1 Å². The monoisotopic (exact) mass is 322 g/mol. The third kappa shape index (κ3) is 2.71. The molecule has 0 fully saturated rings. The lowest BCUT2D eigenvalue weighted by molar-refractivity contribution is 0.600. The number of nitrogens with one attached hydrogen (secondary N) is 2. The summed E-state index contributed by atoms with van der Waals surface area (Å²) in [6.07, 6.45) is 0.968. The molecule has 0 saturated carbocycles. The quantitative estimate of drug-likeness (QED) is 0.910. The van der Waals surface area contributed by atoms with E-state index in [9.17, 15) is 8.42 Å². The van der Waals surface area contributed by atoms with E-state index in [2.05, 4.69) is 10.0 Å². The zero-order chi connectivity index (χ0) is 15.0. The van der Waals surface area contributed by atoms with Gasteiger partial charge in [-0.15, -0.1) is 0 Å². The van der Waals surface area contributed by atoms with Gasteiger partial charge in [0.05, 0.1) is 10.6 Å². The zero-order valence-electron chi connectivity index (χ0n) is 11.5. The number of benzene rings is 2. The van der Waals surface area contributed by atoms with Crippen molar-refractivity contribution >= 4 is 33.0 Å². The van der Waals surface area contributed by atoms with Crippen molar-refractivity contribution in [1.82, 2.24) is 0 Å². The van der Waals surface area contributed by atoms with Gasteiger partial charge >= 0.3 is 0 Å². The van der Waals surface area contributed by atoms with Gasteiger partial charge in [-0.3, -0.25) is 4.72 Å². The SMILES string of the molecule is Cc1c(Cl)cccc1S(=O)(=O)Nc1ccc2c(c1)NCC2. The van der Waals surface area contributed by atoms with Crippen LogP contribution in [-0.2, 0) is 16.4 Å². The summed E-state index contributed by atoms with van der Waals surface area (Å²) in [6, 6.07) is 10.4.